The van der Waals surface area contributed by atoms with Crippen molar-refractivity contribution in [3.8, 4) is 11.5 Å². The summed E-state index contributed by atoms with van der Waals surface area (Å²) in [7, 11) is -1.63. The van der Waals surface area contributed by atoms with Gasteiger partial charge in [0.2, 0.25) is 0 Å². The van der Waals surface area contributed by atoms with E-state index in [2.05, 4.69) is 0 Å². The van der Waals surface area contributed by atoms with Gasteiger partial charge in [-0.15, -0.1) is 0 Å². The van der Waals surface area contributed by atoms with Gasteiger partial charge in [0.15, 0.2) is 0 Å². The van der Waals surface area contributed by atoms with Gasteiger partial charge in [-0.1, -0.05) is 31.2 Å². The number of benzene rings is 2. The first-order chi connectivity index (χ1) is 24.7. The third-order valence-corrected chi connectivity index (χ3v) is 9.36. The van der Waals surface area contributed by atoms with Gasteiger partial charge < -0.3 is 39.3 Å². The van der Waals surface area contributed by atoms with E-state index in [1.807, 2.05) is 55.5 Å². The van der Waals surface area contributed by atoms with Gasteiger partial charge in [-0.2, -0.15) is 0 Å². The molecule has 0 radical (unpaired) electrons. The number of hydrogen-bond donors (Lipinski definition) is 4. The average Bonchev–Trinajstić information content (AvgIpc) is 3.10. The molecule has 0 heterocycles. The number of carbonyl (C=O) groups excluding carboxylic acids is 2. The molecule has 0 saturated carbocycles. The molecule has 17 nitrogen and oxygen atoms in total. The first kappa shape index (κ1) is 43.9. The molecule has 2 atom stereocenters. The zero-order chi connectivity index (χ0) is 38.7. The van der Waals surface area contributed by atoms with Crippen LogP contribution in [0.4, 0.5) is 0 Å². The van der Waals surface area contributed by atoms with E-state index in [1.165, 1.54) is 9.80 Å². The molecule has 2 aromatic rings. The van der Waals surface area contributed by atoms with Gasteiger partial charge in [0.1, 0.15) is 24.1 Å². The molecule has 0 fully saturated rings. The van der Waals surface area contributed by atoms with Crippen molar-refractivity contribution < 1.29 is 67.3 Å². The van der Waals surface area contributed by atoms with Crippen LogP contribution in [0.1, 0.15) is 30.9 Å². The van der Waals surface area contributed by atoms with Crippen LogP contribution < -0.4 is 9.47 Å². The van der Waals surface area contributed by atoms with Crippen LogP contribution >= 0.6 is 7.82 Å². The van der Waals surface area contributed by atoms with E-state index < -0.39 is 63.4 Å². The van der Waals surface area contributed by atoms with Gasteiger partial charge in [-0.05, 0) is 48.2 Å². The molecule has 2 unspecified atom stereocenters. The Hall–Kier alpha value is -4.22. The molecule has 18 heteroatoms. The zero-order valence-corrected chi connectivity index (χ0v) is 30.4. The van der Waals surface area contributed by atoms with Gasteiger partial charge in [0.05, 0.1) is 60.2 Å². The smallest absolute Gasteiger partial charge is 0.472 e. The van der Waals surface area contributed by atoms with Gasteiger partial charge in [0.25, 0.3) is 0 Å². The molecule has 52 heavy (non-hydrogen) atoms. The van der Waals surface area contributed by atoms with Crippen molar-refractivity contribution in [1.82, 2.24) is 14.7 Å². The van der Waals surface area contributed by atoms with Crippen molar-refractivity contribution in [2.75, 3.05) is 79.8 Å². The third-order valence-electron chi connectivity index (χ3n) is 8.38. The molecule has 4 N–H and O–H groups in total. The number of methoxy groups -OCH3 is 2. The Labute approximate surface area is 302 Å². The normalized spacial score (nSPS) is 13.4. The van der Waals surface area contributed by atoms with Crippen LogP contribution in [-0.2, 0) is 43.0 Å². The maximum atomic E-state index is 13.1. The first-order valence-corrected chi connectivity index (χ1v) is 17.8. The maximum Gasteiger partial charge on any atom is 0.472 e. The number of carboxylic acid groups (broad SMARTS) is 3. The summed E-state index contributed by atoms with van der Waals surface area (Å²) in [5.41, 5.74) is 1.35. The predicted octanol–water partition coefficient (Wildman–Crippen LogP) is 1.85. The number of rotatable bonds is 28. The number of hydrogen-bond acceptors (Lipinski definition) is 13. The maximum absolute atomic E-state index is 13.1. The lowest BCUT2D eigenvalue weighted by Gasteiger charge is -2.34. The lowest BCUT2D eigenvalue weighted by Crippen LogP contribution is -2.51. The summed E-state index contributed by atoms with van der Waals surface area (Å²) >= 11 is 0. The van der Waals surface area contributed by atoms with E-state index in [-0.39, 0.29) is 39.3 Å². The van der Waals surface area contributed by atoms with Gasteiger partial charge in [-0.25, -0.2) is 4.57 Å². The highest BCUT2D eigenvalue weighted by Crippen LogP contribution is 2.44. The Morgan fingerprint density at radius 3 is 1.67 bits per heavy atom. The van der Waals surface area contributed by atoms with Crippen molar-refractivity contribution >= 4 is 38.3 Å². The van der Waals surface area contributed by atoms with E-state index in [4.69, 9.17) is 23.6 Å². The summed E-state index contributed by atoms with van der Waals surface area (Å²) in [5.74, 6) is -2.59. The predicted molar refractivity (Wildman–Crippen MR) is 187 cm³/mol. The van der Waals surface area contributed by atoms with E-state index in [0.29, 0.717) is 36.9 Å². The largest absolute Gasteiger partial charge is 0.497 e. The monoisotopic (exact) mass is 753 g/mol. The standard InChI is InChI=1S/C34H48N3O14P/c1-34(26-5-9-29(48-2)10-6-26,27-7-11-30(49-3)12-8-27)13-4-20-50-52(46,47)51-25-28(37(23-32(42)43)24-33(44)45)21-35(16-18-38)14-15-36(17-19-39)22-31(40)41/h5-12,18-19,28H,4,13-17,20-25H2,1-3H3,(H,40,41)(H,42,43)(H,44,45)(H,46,47). The van der Waals surface area contributed by atoms with Gasteiger partial charge in [-0.3, -0.25) is 38.1 Å². The number of carboxylic acids is 3. The molecule has 0 aromatic heterocycles. The fourth-order valence-electron chi connectivity index (χ4n) is 5.61. The fourth-order valence-corrected chi connectivity index (χ4v) is 6.40. The summed E-state index contributed by atoms with van der Waals surface area (Å²) in [6.07, 6.45) is 1.83. The Morgan fingerprint density at radius 1 is 0.769 bits per heavy atom. The summed E-state index contributed by atoms with van der Waals surface area (Å²) < 4.78 is 34.2. The Balaban J connectivity index is 2.20. The minimum atomic E-state index is -4.77. The summed E-state index contributed by atoms with van der Waals surface area (Å²) in [5, 5.41) is 28.1. The van der Waals surface area contributed by atoms with Crippen molar-refractivity contribution in [3.63, 3.8) is 0 Å². The number of aldehydes is 2. The van der Waals surface area contributed by atoms with Crippen LogP contribution in [-0.4, -0.2) is 151 Å². The molecule has 0 aliphatic rings. The molecule has 0 spiro atoms. The molecular weight excluding hydrogens is 705 g/mol. The molecule has 2 rings (SSSR count). The second-order valence-electron chi connectivity index (χ2n) is 12.1. The summed E-state index contributed by atoms with van der Waals surface area (Å²) in [6, 6.07) is 13.9. The lowest BCUT2D eigenvalue weighted by atomic mass is 9.73. The Kier molecular flexibility index (Phi) is 18.6. The topological polar surface area (TPSA) is 230 Å². The molecular formula is C34H48N3O14P. The Bertz CT molecular complexity index is 1430. The van der Waals surface area contributed by atoms with E-state index in [0.717, 1.165) is 16.0 Å². The van der Waals surface area contributed by atoms with Crippen LogP contribution in [0, 0.1) is 0 Å². The second kappa shape index (κ2) is 22.0. The number of carbonyl (C=O) groups is 5. The first-order valence-electron chi connectivity index (χ1n) is 16.3. The number of phosphoric ester groups is 1. The van der Waals surface area contributed by atoms with Crippen molar-refractivity contribution in [2.24, 2.45) is 0 Å². The van der Waals surface area contributed by atoms with Crippen molar-refractivity contribution in [1.29, 1.82) is 0 Å². The van der Waals surface area contributed by atoms with Crippen molar-refractivity contribution in [2.45, 2.75) is 31.2 Å². The minimum Gasteiger partial charge on any atom is -0.497 e. The van der Waals surface area contributed by atoms with Crippen LogP contribution in [0.3, 0.4) is 0 Å². The molecule has 0 amide bonds. The number of aliphatic carboxylic acids is 3. The summed E-state index contributed by atoms with van der Waals surface area (Å²) in [4.78, 5) is 71.4. The van der Waals surface area contributed by atoms with E-state index >= 15 is 0 Å². The molecule has 288 valence electrons. The minimum absolute atomic E-state index is 0.0118. The van der Waals surface area contributed by atoms with Gasteiger partial charge >= 0.3 is 25.7 Å². The number of phosphoric acid groups is 1. The van der Waals surface area contributed by atoms with Crippen LogP contribution in [0.25, 0.3) is 0 Å². The van der Waals surface area contributed by atoms with Crippen LogP contribution in [0.2, 0.25) is 0 Å². The quantitative estimate of drug-likeness (QED) is 0.0552. The van der Waals surface area contributed by atoms with Crippen molar-refractivity contribution in [3.05, 3.63) is 59.7 Å². The average molecular weight is 754 g/mol. The van der Waals surface area contributed by atoms with Crippen LogP contribution in [0.5, 0.6) is 11.5 Å². The highest BCUT2D eigenvalue weighted by molar-refractivity contribution is 7.47. The van der Waals surface area contributed by atoms with E-state index in [1.54, 1.807) is 14.2 Å². The number of ether oxygens (including phenoxy) is 2. The molecule has 0 aliphatic heterocycles. The number of nitrogens with zero attached hydrogens (tertiary/aromatic N) is 3. The molecule has 0 saturated heterocycles. The Morgan fingerprint density at radius 2 is 1.23 bits per heavy atom. The van der Waals surface area contributed by atoms with Crippen LogP contribution in [0.15, 0.2) is 48.5 Å². The zero-order valence-electron chi connectivity index (χ0n) is 29.5. The van der Waals surface area contributed by atoms with E-state index in [9.17, 15) is 43.6 Å². The lowest BCUT2D eigenvalue weighted by molar-refractivity contribution is -0.143. The summed E-state index contributed by atoms with van der Waals surface area (Å²) in [6.45, 7) is -1.50. The second-order valence-corrected chi connectivity index (χ2v) is 13.5. The SMILES string of the molecule is COc1ccc(C(C)(CCCOP(=O)(O)OCC(CN(CC=O)CCN(CC=O)CC(=O)O)N(CC(=O)O)CC(=O)O)c2ccc(OC)cc2)cc1. The third kappa shape index (κ3) is 15.2. The fraction of sp³-hybridized carbons (Fsp3) is 0.500. The molecule has 0 aliphatic carbocycles. The van der Waals surface area contributed by atoms with Gasteiger partial charge in [0, 0.05) is 31.1 Å². The molecule has 2 aromatic carbocycles. The highest BCUT2D eigenvalue weighted by Gasteiger charge is 2.32. The highest BCUT2D eigenvalue weighted by atomic mass is 31.2. The molecule has 0 bridgehead atoms.